The summed E-state index contributed by atoms with van der Waals surface area (Å²) in [7, 11) is 3.49. The Hall–Kier alpha value is -3.40. The number of carbonyl (C=O) groups is 3. The number of likely N-dealkylation sites (N-methyl/N-ethyl adjacent to an activating group) is 1. The fourth-order valence-electron chi connectivity index (χ4n) is 3.36. The third kappa shape index (κ3) is 6.55. The van der Waals surface area contributed by atoms with E-state index in [9.17, 15) is 14.4 Å². The Morgan fingerprint density at radius 1 is 1.21 bits per heavy atom. The molecule has 9 nitrogen and oxygen atoms in total. The van der Waals surface area contributed by atoms with Gasteiger partial charge in [-0.3, -0.25) is 9.59 Å². The SMILES string of the molecule is CNC(=O)Cc1csc(NC(=O)[C@@H](Cc2cn(C)c3ccccc23)NC(=O)OC(C)(C)C)n1. The van der Waals surface area contributed by atoms with Crippen LogP contribution in [0.15, 0.2) is 35.8 Å². The Morgan fingerprint density at radius 3 is 2.64 bits per heavy atom. The fourth-order valence-corrected chi connectivity index (χ4v) is 4.07. The standard InChI is InChI=1S/C23H29N5O4S/c1-23(2,3)32-22(31)26-17(10-14-12-28(5)18-9-7-6-8-16(14)18)20(30)27-21-25-15(13-33-21)11-19(29)24-4/h6-9,12-13,17H,10-11H2,1-5H3,(H,24,29)(H,26,31)(H,25,27,30)/t17-/m1/s1. The minimum atomic E-state index is -0.892. The summed E-state index contributed by atoms with van der Waals surface area (Å²) in [6, 6.07) is 6.98. The predicted octanol–water partition coefficient (Wildman–Crippen LogP) is 3.00. The number of aryl methyl sites for hydroxylation is 1. The van der Waals surface area contributed by atoms with Crippen molar-refractivity contribution in [1.82, 2.24) is 20.2 Å². The lowest BCUT2D eigenvalue weighted by Crippen LogP contribution is -2.47. The maximum absolute atomic E-state index is 13.1. The number of aromatic nitrogens is 2. The topological polar surface area (TPSA) is 114 Å². The van der Waals surface area contributed by atoms with Crippen molar-refractivity contribution in [1.29, 1.82) is 0 Å². The predicted molar refractivity (Wildman–Crippen MR) is 128 cm³/mol. The van der Waals surface area contributed by atoms with E-state index >= 15 is 0 Å². The number of anilines is 1. The van der Waals surface area contributed by atoms with Crippen molar-refractivity contribution in [3.8, 4) is 0 Å². The van der Waals surface area contributed by atoms with Crippen LogP contribution in [0.2, 0.25) is 0 Å². The van der Waals surface area contributed by atoms with E-state index in [-0.39, 0.29) is 18.7 Å². The number of ether oxygens (including phenoxy) is 1. The van der Waals surface area contributed by atoms with E-state index in [1.807, 2.05) is 42.1 Å². The van der Waals surface area contributed by atoms with Gasteiger partial charge in [0.2, 0.25) is 11.8 Å². The molecule has 176 valence electrons. The Morgan fingerprint density at radius 2 is 1.94 bits per heavy atom. The van der Waals surface area contributed by atoms with Crippen LogP contribution in [0.1, 0.15) is 32.0 Å². The lowest BCUT2D eigenvalue weighted by Gasteiger charge is -2.23. The van der Waals surface area contributed by atoms with Gasteiger partial charge in [-0.1, -0.05) is 18.2 Å². The summed E-state index contributed by atoms with van der Waals surface area (Å²) in [5.74, 6) is -0.590. The zero-order valence-electron chi connectivity index (χ0n) is 19.4. The molecule has 33 heavy (non-hydrogen) atoms. The molecule has 3 N–H and O–H groups in total. The minimum absolute atomic E-state index is 0.123. The third-order valence-electron chi connectivity index (χ3n) is 4.81. The molecule has 0 aliphatic heterocycles. The van der Waals surface area contributed by atoms with E-state index in [0.29, 0.717) is 10.8 Å². The van der Waals surface area contributed by atoms with Crippen LogP contribution in [-0.2, 0) is 34.2 Å². The smallest absolute Gasteiger partial charge is 0.408 e. The first-order valence-corrected chi connectivity index (χ1v) is 11.4. The number of rotatable bonds is 7. The summed E-state index contributed by atoms with van der Waals surface area (Å²) < 4.78 is 7.35. The summed E-state index contributed by atoms with van der Waals surface area (Å²) in [6.45, 7) is 5.28. The summed E-state index contributed by atoms with van der Waals surface area (Å²) in [5, 5.41) is 11.1. The zero-order valence-corrected chi connectivity index (χ0v) is 20.2. The van der Waals surface area contributed by atoms with Gasteiger partial charge in [-0.25, -0.2) is 9.78 Å². The van der Waals surface area contributed by atoms with Crippen LogP contribution in [-0.4, -0.2) is 46.1 Å². The van der Waals surface area contributed by atoms with Gasteiger partial charge in [-0.15, -0.1) is 11.3 Å². The summed E-state index contributed by atoms with van der Waals surface area (Å²) in [5.41, 5.74) is 1.81. The number of thiazole rings is 1. The molecular formula is C23H29N5O4S. The Bertz CT molecular complexity index is 1160. The normalized spacial score (nSPS) is 12.3. The average molecular weight is 472 g/mol. The number of nitrogens with zero attached hydrogens (tertiary/aromatic N) is 2. The molecule has 1 atom stereocenters. The molecule has 0 unspecified atom stereocenters. The first kappa shape index (κ1) is 24.2. The maximum atomic E-state index is 13.1. The van der Waals surface area contributed by atoms with Crippen LogP contribution in [0, 0.1) is 0 Å². The average Bonchev–Trinajstić information content (AvgIpc) is 3.30. The first-order valence-electron chi connectivity index (χ1n) is 10.5. The third-order valence-corrected chi connectivity index (χ3v) is 5.62. The highest BCUT2D eigenvalue weighted by Crippen LogP contribution is 2.23. The number of hydrogen-bond donors (Lipinski definition) is 3. The molecule has 2 aromatic heterocycles. The number of amides is 3. The lowest BCUT2D eigenvalue weighted by molar-refractivity contribution is -0.120. The van der Waals surface area contributed by atoms with Gasteiger partial charge in [0.05, 0.1) is 12.1 Å². The van der Waals surface area contributed by atoms with Crippen LogP contribution in [0.4, 0.5) is 9.93 Å². The molecule has 0 bridgehead atoms. The molecule has 2 heterocycles. The van der Waals surface area contributed by atoms with E-state index in [1.54, 1.807) is 33.2 Å². The zero-order chi connectivity index (χ0) is 24.2. The fraction of sp³-hybridized carbons (Fsp3) is 0.391. The van der Waals surface area contributed by atoms with Crippen molar-refractivity contribution < 1.29 is 19.1 Å². The molecule has 3 amide bonds. The van der Waals surface area contributed by atoms with Crippen molar-refractivity contribution in [2.24, 2.45) is 7.05 Å². The highest BCUT2D eigenvalue weighted by molar-refractivity contribution is 7.13. The van der Waals surface area contributed by atoms with Gasteiger partial charge < -0.3 is 25.3 Å². The van der Waals surface area contributed by atoms with E-state index in [4.69, 9.17) is 4.74 Å². The highest BCUT2D eigenvalue weighted by Gasteiger charge is 2.26. The van der Waals surface area contributed by atoms with Crippen LogP contribution >= 0.6 is 11.3 Å². The number of carbonyl (C=O) groups excluding carboxylic acids is 3. The Balaban J connectivity index is 1.81. The summed E-state index contributed by atoms with van der Waals surface area (Å²) >= 11 is 1.22. The minimum Gasteiger partial charge on any atom is -0.444 e. The van der Waals surface area contributed by atoms with Gasteiger partial charge in [-0.2, -0.15) is 0 Å². The van der Waals surface area contributed by atoms with E-state index in [1.165, 1.54) is 11.3 Å². The number of alkyl carbamates (subject to hydrolysis) is 1. The second kappa shape index (κ2) is 10.0. The monoisotopic (exact) mass is 471 g/mol. The molecule has 0 aliphatic carbocycles. The van der Waals surface area contributed by atoms with Crippen LogP contribution in [0.3, 0.4) is 0 Å². The molecule has 1 aromatic carbocycles. The molecule has 0 aliphatic rings. The number of fused-ring (bicyclic) bond motifs is 1. The van der Waals surface area contributed by atoms with Crippen LogP contribution < -0.4 is 16.0 Å². The number of hydrogen-bond acceptors (Lipinski definition) is 6. The van der Waals surface area contributed by atoms with Crippen molar-refractivity contribution in [2.75, 3.05) is 12.4 Å². The van der Waals surface area contributed by atoms with Crippen molar-refractivity contribution in [3.63, 3.8) is 0 Å². The second-order valence-electron chi connectivity index (χ2n) is 8.67. The molecule has 3 rings (SSSR count). The summed E-state index contributed by atoms with van der Waals surface area (Å²) in [4.78, 5) is 41.5. The maximum Gasteiger partial charge on any atom is 0.408 e. The van der Waals surface area contributed by atoms with Crippen LogP contribution in [0.25, 0.3) is 10.9 Å². The first-order chi connectivity index (χ1) is 15.6. The molecule has 0 fully saturated rings. The van der Waals surface area contributed by atoms with Crippen molar-refractivity contribution >= 4 is 45.3 Å². The quantitative estimate of drug-likeness (QED) is 0.490. The van der Waals surface area contributed by atoms with E-state index in [0.717, 1.165) is 16.5 Å². The molecule has 0 saturated carbocycles. The van der Waals surface area contributed by atoms with Gasteiger partial charge in [-0.05, 0) is 32.4 Å². The number of nitrogens with one attached hydrogen (secondary N) is 3. The Kier molecular flexibility index (Phi) is 7.37. The van der Waals surface area contributed by atoms with E-state index < -0.39 is 23.6 Å². The second-order valence-corrected chi connectivity index (χ2v) is 9.53. The van der Waals surface area contributed by atoms with Gasteiger partial charge in [0.1, 0.15) is 11.6 Å². The summed E-state index contributed by atoms with van der Waals surface area (Å²) in [6.07, 6.45) is 1.66. The lowest BCUT2D eigenvalue weighted by atomic mass is 10.0. The van der Waals surface area contributed by atoms with Gasteiger partial charge >= 0.3 is 6.09 Å². The molecule has 0 spiro atoms. The number of benzene rings is 1. The van der Waals surface area contributed by atoms with Crippen molar-refractivity contribution in [3.05, 3.63) is 47.1 Å². The van der Waals surface area contributed by atoms with Gasteiger partial charge in [0.15, 0.2) is 5.13 Å². The van der Waals surface area contributed by atoms with Gasteiger partial charge in [0.25, 0.3) is 0 Å². The molecule has 0 saturated heterocycles. The van der Waals surface area contributed by atoms with Crippen LogP contribution in [0.5, 0.6) is 0 Å². The molecule has 10 heteroatoms. The van der Waals surface area contributed by atoms with Crippen molar-refractivity contribution in [2.45, 2.75) is 45.3 Å². The number of para-hydroxylation sites is 1. The van der Waals surface area contributed by atoms with E-state index in [2.05, 4.69) is 20.9 Å². The largest absolute Gasteiger partial charge is 0.444 e. The Labute approximate surface area is 196 Å². The molecular weight excluding hydrogens is 442 g/mol. The molecule has 0 radical (unpaired) electrons. The highest BCUT2D eigenvalue weighted by atomic mass is 32.1. The van der Waals surface area contributed by atoms with Gasteiger partial charge in [0, 0.05) is 43.0 Å². The molecule has 3 aromatic rings.